The van der Waals surface area contributed by atoms with E-state index in [2.05, 4.69) is 11.4 Å². The van der Waals surface area contributed by atoms with Crippen molar-refractivity contribution in [2.75, 3.05) is 11.9 Å². The summed E-state index contributed by atoms with van der Waals surface area (Å²) in [6.45, 7) is -0.0516. The smallest absolute Gasteiger partial charge is 0.322 e. The Morgan fingerprint density at radius 2 is 2.18 bits per heavy atom. The molecule has 57 valence electrons. The highest BCUT2D eigenvalue weighted by Crippen LogP contribution is 2.02. The van der Waals surface area contributed by atoms with E-state index in [1.54, 1.807) is 24.3 Å². The minimum absolute atomic E-state index is 0.0516. The third-order valence-electron chi connectivity index (χ3n) is 1.16. The van der Waals surface area contributed by atoms with E-state index >= 15 is 0 Å². The molecule has 0 atom stereocenters. The zero-order valence-corrected chi connectivity index (χ0v) is 5.87. The average molecular weight is 150 g/mol. The van der Waals surface area contributed by atoms with E-state index in [0.29, 0.717) is 0 Å². The molecule has 1 radical (unpaired) electrons. The van der Waals surface area contributed by atoms with Gasteiger partial charge < -0.3 is 10.4 Å². The highest BCUT2D eigenvalue weighted by atomic mass is 16.4. The number of carbonyl (C=O) groups is 1. The third-order valence-corrected chi connectivity index (χ3v) is 1.16. The molecule has 2 N–H and O–H groups in total. The lowest BCUT2D eigenvalue weighted by molar-refractivity contribution is -0.134. The van der Waals surface area contributed by atoms with Gasteiger partial charge in [0, 0.05) is 5.69 Å². The fourth-order valence-electron chi connectivity index (χ4n) is 0.682. The van der Waals surface area contributed by atoms with Crippen molar-refractivity contribution < 1.29 is 9.90 Å². The second-order valence-electron chi connectivity index (χ2n) is 2.04. The van der Waals surface area contributed by atoms with Crippen LogP contribution in [0.25, 0.3) is 0 Å². The zero-order chi connectivity index (χ0) is 8.10. The van der Waals surface area contributed by atoms with Crippen molar-refractivity contribution in [3.05, 3.63) is 30.3 Å². The Hall–Kier alpha value is -1.51. The largest absolute Gasteiger partial charge is 0.480 e. The molecule has 0 spiro atoms. The second kappa shape index (κ2) is 3.61. The first-order valence-corrected chi connectivity index (χ1v) is 3.21. The molecule has 0 amide bonds. The molecule has 0 aliphatic heterocycles. The van der Waals surface area contributed by atoms with Crippen molar-refractivity contribution in [2.24, 2.45) is 0 Å². The number of benzene rings is 1. The SMILES string of the molecule is O=C(O)CNc1cc[c]cc1. The maximum Gasteiger partial charge on any atom is 0.322 e. The van der Waals surface area contributed by atoms with E-state index in [1.165, 1.54) is 0 Å². The first-order chi connectivity index (χ1) is 5.29. The van der Waals surface area contributed by atoms with E-state index in [4.69, 9.17) is 5.11 Å². The Kier molecular flexibility index (Phi) is 2.49. The number of aliphatic carboxylic acids is 1. The van der Waals surface area contributed by atoms with Gasteiger partial charge in [-0.05, 0) is 18.2 Å². The summed E-state index contributed by atoms with van der Waals surface area (Å²) in [5.41, 5.74) is 0.797. The van der Waals surface area contributed by atoms with Crippen LogP contribution in [0.15, 0.2) is 24.3 Å². The lowest BCUT2D eigenvalue weighted by Crippen LogP contribution is -2.11. The van der Waals surface area contributed by atoms with Crippen molar-refractivity contribution in [2.45, 2.75) is 0 Å². The highest BCUT2D eigenvalue weighted by Gasteiger charge is 1.94. The van der Waals surface area contributed by atoms with Gasteiger partial charge >= 0.3 is 5.97 Å². The van der Waals surface area contributed by atoms with Crippen molar-refractivity contribution in [1.29, 1.82) is 0 Å². The second-order valence-corrected chi connectivity index (χ2v) is 2.04. The molecule has 0 aromatic heterocycles. The van der Waals surface area contributed by atoms with Crippen LogP contribution in [0.1, 0.15) is 0 Å². The molecule has 3 nitrogen and oxygen atoms in total. The van der Waals surface area contributed by atoms with Gasteiger partial charge in [0.15, 0.2) is 0 Å². The number of carboxylic acid groups (broad SMARTS) is 1. The first kappa shape index (κ1) is 7.60. The van der Waals surface area contributed by atoms with Gasteiger partial charge in [0.1, 0.15) is 6.54 Å². The molecule has 0 fully saturated rings. The van der Waals surface area contributed by atoms with E-state index in [0.717, 1.165) is 5.69 Å². The molecule has 0 saturated carbocycles. The third kappa shape index (κ3) is 2.71. The molecular weight excluding hydrogens is 142 g/mol. The predicted molar refractivity (Wildman–Crippen MR) is 41.4 cm³/mol. The number of hydrogen-bond donors (Lipinski definition) is 2. The Balaban J connectivity index is 2.45. The maximum absolute atomic E-state index is 10.1. The maximum atomic E-state index is 10.1. The van der Waals surface area contributed by atoms with Crippen molar-refractivity contribution in [3.63, 3.8) is 0 Å². The van der Waals surface area contributed by atoms with Crippen LogP contribution in [0.4, 0.5) is 5.69 Å². The lowest BCUT2D eigenvalue weighted by atomic mass is 10.3. The highest BCUT2D eigenvalue weighted by molar-refractivity contribution is 5.72. The molecular formula is C8H8NO2. The number of nitrogens with one attached hydrogen (secondary N) is 1. The van der Waals surface area contributed by atoms with Gasteiger partial charge in [-0.2, -0.15) is 0 Å². The van der Waals surface area contributed by atoms with Crippen LogP contribution >= 0.6 is 0 Å². The van der Waals surface area contributed by atoms with Crippen molar-refractivity contribution in [1.82, 2.24) is 0 Å². The monoisotopic (exact) mass is 150 g/mol. The summed E-state index contributed by atoms with van der Waals surface area (Å²) in [7, 11) is 0. The molecule has 1 aromatic carbocycles. The minimum atomic E-state index is -0.863. The van der Waals surface area contributed by atoms with E-state index < -0.39 is 5.97 Å². The van der Waals surface area contributed by atoms with Gasteiger partial charge in [0.2, 0.25) is 0 Å². The van der Waals surface area contributed by atoms with Crippen LogP contribution in [0, 0.1) is 6.07 Å². The van der Waals surface area contributed by atoms with Gasteiger partial charge in [-0.1, -0.05) is 12.1 Å². The molecule has 11 heavy (non-hydrogen) atoms. The summed E-state index contributed by atoms with van der Waals surface area (Å²) < 4.78 is 0. The van der Waals surface area contributed by atoms with Gasteiger partial charge in [0.05, 0.1) is 0 Å². The van der Waals surface area contributed by atoms with Gasteiger partial charge in [-0.25, -0.2) is 0 Å². The van der Waals surface area contributed by atoms with Crippen LogP contribution in [0.2, 0.25) is 0 Å². The molecule has 0 saturated heterocycles. The molecule has 1 aromatic rings. The van der Waals surface area contributed by atoms with E-state index in [-0.39, 0.29) is 6.54 Å². The Morgan fingerprint density at radius 1 is 1.55 bits per heavy atom. The summed E-state index contributed by atoms with van der Waals surface area (Å²) in [6.07, 6.45) is 0. The Bertz CT molecular complexity index is 233. The van der Waals surface area contributed by atoms with Crippen LogP contribution in [-0.2, 0) is 4.79 Å². The van der Waals surface area contributed by atoms with Crippen molar-refractivity contribution >= 4 is 11.7 Å². The number of carboxylic acids is 1. The van der Waals surface area contributed by atoms with E-state index in [1.807, 2.05) is 0 Å². The van der Waals surface area contributed by atoms with Crippen molar-refractivity contribution in [3.8, 4) is 0 Å². The molecule has 0 bridgehead atoms. The van der Waals surface area contributed by atoms with Gasteiger partial charge in [-0.3, -0.25) is 4.79 Å². The average Bonchev–Trinajstić information content (AvgIpc) is 2.03. The summed E-state index contributed by atoms with van der Waals surface area (Å²) in [4.78, 5) is 10.1. The molecule has 1 rings (SSSR count). The van der Waals surface area contributed by atoms with E-state index in [9.17, 15) is 4.79 Å². The van der Waals surface area contributed by atoms with Crippen LogP contribution in [0.5, 0.6) is 0 Å². The van der Waals surface area contributed by atoms with Crippen LogP contribution < -0.4 is 5.32 Å². The number of rotatable bonds is 3. The summed E-state index contributed by atoms with van der Waals surface area (Å²) in [6, 6.07) is 9.82. The quantitative estimate of drug-likeness (QED) is 0.675. The topological polar surface area (TPSA) is 49.3 Å². The summed E-state index contributed by atoms with van der Waals surface area (Å²) in [5, 5.41) is 11.0. The van der Waals surface area contributed by atoms with Gasteiger partial charge in [-0.15, -0.1) is 0 Å². The fourth-order valence-corrected chi connectivity index (χ4v) is 0.682. The molecule has 3 heteroatoms. The predicted octanol–water partition coefficient (Wildman–Crippen LogP) is 0.983. The standard InChI is InChI=1S/C8H8NO2/c10-8(11)6-9-7-4-2-1-3-5-7/h2-5,9H,6H2,(H,10,11). The normalized spacial score (nSPS) is 9.09. The summed E-state index contributed by atoms with van der Waals surface area (Å²) in [5.74, 6) is -0.863. The summed E-state index contributed by atoms with van der Waals surface area (Å²) >= 11 is 0. The molecule has 0 aliphatic rings. The Labute approximate surface area is 64.7 Å². The number of hydrogen-bond acceptors (Lipinski definition) is 2. The molecule has 0 aliphatic carbocycles. The minimum Gasteiger partial charge on any atom is -0.480 e. The lowest BCUT2D eigenvalue weighted by Gasteiger charge is -2.00. The zero-order valence-electron chi connectivity index (χ0n) is 5.87. The molecule has 0 heterocycles. The van der Waals surface area contributed by atoms with Crippen LogP contribution in [-0.4, -0.2) is 17.6 Å². The fraction of sp³-hybridized carbons (Fsp3) is 0.125. The first-order valence-electron chi connectivity index (χ1n) is 3.21. The van der Waals surface area contributed by atoms with Crippen LogP contribution in [0.3, 0.4) is 0 Å². The van der Waals surface area contributed by atoms with Gasteiger partial charge in [0.25, 0.3) is 0 Å². The molecule has 0 unspecified atom stereocenters. The number of anilines is 1. The Morgan fingerprint density at radius 3 is 2.73 bits per heavy atom.